The van der Waals surface area contributed by atoms with Gasteiger partial charge in [0.15, 0.2) is 5.76 Å². The first kappa shape index (κ1) is 17.6. The second-order valence-electron chi connectivity index (χ2n) is 4.86. The topological polar surface area (TPSA) is 42.4 Å². The highest BCUT2D eigenvalue weighted by molar-refractivity contribution is 6.30. The molecule has 5 heteroatoms. The maximum absolute atomic E-state index is 12.3. The summed E-state index contributed by atoms with van der Waals surface area (Å²) in [4.78, 5) is 18.1. The number of hydrogen-bond donors (Lipinski definition) is 0. The van der Waals surface area contributed by atoms with Crippen molar-refractivity contribution in [3.05, 3.63) is 70.6 Å². The van der Waals surface area contributed by atoms with Crippen LogP contribution in [0, 0.1) is 11.8 Å². The number of aromatic nitrogens is 1. The van der Waals surface area contributed by atoms with E-state index in [1.54, 1.807) is 50.4 Å². The number of carbonyl (C=O) groups excluding carboxylic acids is 1. The Hall–Kier alpha value is -2.77. The number of hydrogen-bond acceptors (Lipinski definition) is 3. The molecule has 122 valence electrons. The molecule has 0 unspecified atom stereocenters. The van der Waals surface area contributed by atoms with Gasteiger partial charge in [0.05, 0.1) is 7.11 Å². The molecular formula is C19H17ClN2O2. The monoisotopic (exact) mass is 340 g/mol. The Balaban J connectivity index is 2.23. The lowest BCUT2D eigenvalue weighted by Gasteiger charge is -2.17. The van der Waals surface area contributed by atoms with Crippen LogP contribution in [0.4, 0.5) is 5.82 Å². The van der Waals surface area contributed by atoms with Crippen molar-refractivity contribution in [2.45, 2.75) is 6.92 Å². The average molecular weight is 341 g/mol. The highest BCUT2D eigenvalue weighted by atomic mass is 35.5. The number of halogens is 1. The zero-order chi connectivity index (χ0) is 17.5. The number of pyridine rings is 1. The molecule has 1 aromatic carbocycles. The number of benzene rings is 1. The lowest BCUT2D eigenvalue weighted by Crippen LogP contribution is -2.29. The Morgan fingerprint density at radius 2 is 1.92 bits per heavy atom. The van der Waals surface area contributed by atoms with Gasteiger partial charge in [-0.15, -0.1) is 0 Å². The maximum atomic E-state index is 12.3. The Morgan fingerprint density at radius 1 is 1.21 bits per heavy atom. The van der Waals surface area contributed by atoms with E-state index in [9.17, 15) is 4.79 Å². The predicted molar refractivity (Wildman–Crippen MR) is 95.8 cm³/mol. The highest BCUT2D eigenvalue weighted by Crippen LogP contribution is 2.13. The van der Waals surface area contributed by atoms with Crippen molar-refractivity contribution in [3.63, 3.8) is 0 Å². The predicted octanol–water partition coefficient (Wildman–Crippen LogP) is 3.65. The van der Waals surface area contributed by atoms with Gasteiger partial charge in [-0.2, -0.15) is 0 Å². The lowest BCUT2D eigenvalue weighted by atomic mass is 10.2. The fourth-order valence-corrected chi connectivity index (χ4v) is 2.07. The van der Waals surface area contributed by atoms with E-state index in [1.807, 2.05) is 12.1 Å². The molecule has 0 aliphatic heterocycles. The van der Waals surface area contributed by atoms with Gasteiger partial charge in [0.25, 0.3) is 5.91 Å². The summed E-state index contributed by atoms with van der Waals surface area (Å²) < 4.78 is 5.05. The lowest BCUT2D eigenvalue weighted by molar-refractivity contribution is -0.117. The number of amides is 1. The molecule has 0 aliphatic rings. The molecule has 0 atom stereocenters. The fourth-order valence-electron chi connectivity index (χ4n) is 1.95. The molecule has 0 bridgehead atoms. The van der Waals surface area contributed by atoms with E-state index in [4.69, 9.17) is 16.3 Å². The standard InChI is InChI=1S/C19H17ClN2O2/c1-4-17(24-3)19(23)22(2)18-7-5-6-16(21-18)13-10-14-8-11-15(20)12-9-14/h4-9,11-12H,1-3H3. The zero-order valence-corrected chi connectivity index (χ0v) is 14.5. The van der Waals surface area contributed by atoms with Gasteiger partial charge in [0, 0.05) is 17.6 Å². The van der Waals surface area contributed by atoms with Crippen molar-refractivity contribution >= 4 is 23.3 Å². The van der Waals surface area contributed by atoms with E-state index in [0.29, 0.717) is 16.5 Å². The molecule has 24 heavy (non-hydrogen) atoms. The average Bonchev–Trinajstić information content (AvgIpc) is 2.61. The highest BCUT2D eigenvalue weighted by Gasteiger charge is 2.17. The van der Waals surface area contributed by atoms with E-state index in [2.05, 4.69) is 16.8 Å². The van der Waals surface area contributed by atoms with Crippen molar-refractivity contribution in [3.8, 4) is 11.8 Å². The minimum atomic E-state index is -0.268. The second-order valence-corrected chi connectivity index (χ2v) is 5.30. The Labute approximate surface area is 146 Å². The van der Waals surface area contributed by atoms with E-state index in [1.165, 1.54) is 12.0 Å². The minimum Gasteiger partial charge on any atom is -0.491 e. The first-order valence-electron chi connectivity index (χ1n) is 7.28. The first-order valence-corrected chi connectivity index (χ1v) is 7.66. The van der Waals surface area contributed by atoms with Gasteiger partial charge in [0.2, 0.25) is 0 Å². The van der Waals surface area contributed by atoms with Crippen LogP contribution >= 0.6 is 11.6 Å². The van der Waals surface area contributed by atoms with Crippen molar-refractivity contribution < 1.29 is 9.53 Å². The van der Waals surface area contributed by atoms with E-state index in [0.717, 1.165) is 5.56 Å². The van der Waals surface area contributed by atoms with Gasteiger partial charge in [-0.05, 0) is 55.3 Å². The molecule has 0 saturated carbocycles. The van der Waals surface area contributed by atoms with Gasteiger partial charge >= 0.3 is 0 Å². The minimum absolute atomic E-state index is 0.261. The van der Waals surface area contributed by atoms with Gasteiger partial charge in [-0.25, -0.2) is 4.98 Å². The van der Waals surface area contributed by atoms with Crippen LogP contribution in [0.15, 0.2) is 54.3 Å². The summed E-state index contributed by atoms with van der Waals surface area (Å²) in [6, 6.07) is 12.6. The van der Waals surface area contributed by atoms with Crippen LogP contribution in [0.5, 0.6) is 0 Å². The molecule has 1 amide bonds. The fraction of sp³-hybridized carbons (Fsp3) is 0.158. The summed E-state index contributed by atoms with van der Waals surface area (Å²) in [6.45, 7) is 1.74. The summed E-state index contributed by atoms with van der Waals surface area (Å²) in [5.41, 5.74) is 1.41. The van der Waals surface area contributed by atoms with Crippen LogP contribution in [0.1, 0.15) is 18.2 Å². The van der Waals surface area contributed by atoms with Crippen LogP contribution in [0.3, 0.4) is 0 Å². The van der Waals surface area contributed by atoms with Crippen molar-refractivity contribution in [2.24, 2.45) is 0 Å². The number of anilines is 1. The van der Waals surface area contributed by atoms with Crippen LogP contribution in [0.25, 0.3) is 0 Å². The number of allylic oxidation sites excluding steroid dienone is 1. The molecule has 0 N–H and O–H groups in total. The summed E-state index contributed by atoms with van der Waals surface area (Å²) >= 11 is 5.85. The Morgan fingerprint density at radius 3 is 2.54 bits per heavy atom. The van der Waals surface area contributed by atoms with E-state index < -0.39 is 0 Å². The third-order valence-corrected chi connectivity index (χ3v) is 3.51. The second kappa shape index (κ2) is 8.19. The number of methoxy groups -OCH3 is 1. The summed E-state index contributed by atoms with van der Waals surface area (Å²) in [7, 11) is 3.10. The van der Waals surface area contributed by atoms with Gasteiger partial charge in [-0.3, -0.25) is 9.69 Å². The van der Waals surface area contributed by atoms with Crippen molar-refractivity contribution in [1.82, 2.24) is 4.98 Å². The first-order chi connectivity index (χ1) is 11.5. The SMILES string of the molecule is CC=C(OC)C(=O)N(C)c1cccc(C#Cc2ccc(Cl)cc2)n1. The van der Waals surface area contributed by atoms with Crippen LogP contribution in [-0.2, 0) is 9.53 Å². The van der Waals surface area contributed by atoms with E-state index >= 15 is 0 Å². The third kappa shape index (κ3) is 4.37. The molecule has 4 nitrogen and oxygen atoms in total. The molecule has 2 rings (SSSR count). The molecule has 0 fully saturated rings. The normalized spacial score (nSPS) is 10.6. The largest absolute Gasteiger partial charge is 0.491 e. The maximum Gasteiger partial charge on any atom is 0.293 e. The van der Waals surface area contributed by atoms with Gasteiger partial charge in [0.1, 0.15) is 11.5 Å². The summed E-state index contributed by atoms with van der Waals surface area (Å²) in [5.74, 6) is 6.49. The molecular weight excluding hydrogens is 324 g/mol. The number of ether oxygens (including phenoxy) is 1. The molecule has 0 saturated heterocycles. The molecule has 0 radical (unpaired) electrons. The Kier molecular flexibility index (Phi) is 6.00. The molecule has 0 spiro atoms. The number of likely N-dealkylation sites (N-methyl/N-ethyl adjacent to an activating group) is 1. The number of carbonyl (C=O) groups is 1. The van der Waals surface area contributed by atoms with Crippen LogP contribution in [0.2, 0.25) is 5.02 Å². The van der Waals surface area contributed by atoms with Crippen molar-refractivity contribution in [1.29, 1.82) is 0 Å². The van der Waals surface area contributed by atoms with Gasteiger partial charge in [-0.1, -0.05) is 23.6 Å². The third-order valence-electron chi connectivity index (χ3n) is 3.25. The molecule has 1 aromatic heterocycles. The van der Waals surface area contributed by atoms with E-state index in [-0.39, 0.29) is 11.7 Å². The zero-order valence-electron chi connectivity index (χ0n) is 13.7. The summed E-state index contributed by atoms with van der Waals surface area (Å²) in [5, 5.41) is 0.665. The molecule has 2 aromatic rings. The Bertz CT molecular complexity index is 817. The number of rotatable bonds is 3. The van der Waals surface area contributed by atoms with Gasteiger partial charge < -0.3 is 4.74 Å². The quantitative estimate of drug-likeness (QED) is 0.486. The van der Waals surface area contributed by atoms with Crippen molar-refractivity contribution in [2.75, 3.05) is 19.1 Å². The number of nitrogens with zero attached hydrogens (tertiary/aromatic N) is 2. The molecule has 1 heterocycles. The molecule has 0 aliphatic carbocycles. The smallest absolute Gasteiger partial charge is 0.293 e. The van der Waals surface area contributed by atoms with Crippen LogP contribution in [-0.4, -0.2) is 25.0 Å². The summed E-state index contributed by atoms with van der Waals surface area (Å²) in [6.07, 6.45) is 1.61. The van der Waals surface area contributed by atoms with Crippen LogP contribution < -0.4 is 4.90 Å².